The van der Waals surface area contributed by atoms with Gasteiger partial charge in [-0.25, -0.2) is 0 Å². The maximum atomic E-state index is 5.90. The van der Waals surface area contributed by atoms with Crippen molar-refractivity contribution in [3.8, 4) is 0 Å². The van der Waals surface area contributed by atoms with Crippen molar-refractivity contribution in [2.24, 2.45) is 11.1 Å². The average Bonchev–Trinajstić information content (AvgIpc) is 2.44. The lowest BCUT2D eigenvalue weighted by atomic mass is 9.78. The fraction of sp³-hybridized carbons (Fsp3) is 1.00. The van der Waals surface area contributed by atoms with Crippen LogP contribution in [-0.2, 0) is 0 Å². The van der Waals surface area contributed by atoms with E-state index in [1.807, 2.05) is 0 Å². The summed E-state index contributed by atoms with van der Waals surface area (Å²) in [7, 11) is 0. The first kappa shape index (κ1) is 10.4. The zero-order valence-electron chi connectivity index (χ0n) is 9.66. The highest BCUT2D eigenvalue weighted by Crippen LogP contribution is 2.40. The topological polar surface area (TPSA) is 32.5 Å². The van der Waals surface area contributed by atoms with E-state index in [0.717, 1.165) is 0 Å². The van der Waals surface area contributed by atoms with Crippen molar-refractivity contribution in [3.05, 3.63) is 0 Å². The van der Waals surface area contributed by atoms with Crippen LogP contribution in [0.15, 0.2) is 0 Å². The molecule has 2 saturated heterocycles. The van der Waals surface area contributed by atoms with E-state index in [1.54, 1.807) is 0 Å². The molecule has 0 bridgehead atoms. The van der Waals surface area contributed by atoms with E-state index in [4.69, 9.17) is 5.73 Å². The molecule has 14 heavy (non-hydrogen) atoms. The van der Waals surface area contributed by atoms with Crippen LogP contribution in [0.2, 0.25) is 0 Å². The van der Waals surface area contributed by atoms with Gasteiger partial charge in [0, 0.05) is 37.6 Å². The van der Waals surface area contributed by atoms with Gasteiger partial charge in [0.25, 0.3) is 0 Å². The molecular weight excluding hydrogens is 174 g/mol. The maximum Gasteiger partial charge on any atom is 0.0542 e. The van der Waals surface area contributed by atoms with Crippen molar-refractivity contribution in [2.45, 2.75) is 39.4 Å². The molecule has 2 heterocycles. The maximum absolute atomic E-state index is 5.90. The zero-order chi connectivity index (χ0) is 10.3. The summed E-state index contributed by atoms with van der Waals surface area (Å²) in [5, 5.41) is 0. The van der Waals surface area contributed by atoms with E-state index in [1.165, 1.54) is 32.6 Å². The largest absolute Gasteiger partial charge is 0.316 e. The fourth-order valence-electron chi connectivity index (χ4n) is 2.76. The normalized spacial score (nSPS) is 29.8. The van der Waals surface area contributed by atoms with Gasteiger partial charge < -0.3 is 5.73 Å². The van der Waals surface area contributed by atoms with E-state index >= 15 is 0 Å². The van der Waals surface area contributed by atoms with Crippen molar-refractivity contribution in [2.75, 3.05) is 26.2 Å². The predicted octanol–water partition coefficient (Wildman–Crippen LogP) is 0.707. The molecule has 0 saturated carbocycles. The second-order valence-electron chi connectivity index (χ2n) is 5.46. The van der Waals surface area contributed by atoms with Gasteiger partial charge >= 0.3 is 0 Å². The molecule has 2 aliphatic rings. The van der Waals surface area contributed by atoms with Gasteiger partial charge in [-0.15, -0.1) is 0 Å². The van der Waals surface area contributed by atoms with Gasteiger partial charge in [-0.2, -0.15) is 0 Å². The molecule has 82 valence electrons. The Morgan fingerprint density at radius 2 is 1.64 bits per heavy atom. The van der Waals surface area contributed by atoms with Gasteiger partial charge in [-0.3, -0.25) is 9.80 Å². The van der Waals surface area contributed by atoms with Crippen LogP contribution >= 0.6 is 0 Å². The second kappa shape index (κ2) is 3.47. The Morgan fingerprint density at radius 3 is 2.07 bits per heavy atom. The molecule has 2 fully saturated rings. The van der Waals surface area contributed by atoms with Gasteiger partial charge in [0.15, 0.2) is 0 Å². The molecule has 2 rings (SSSR count). The molecule has 0 aromatic rings. The first-order valence-electron chi connectivity index (χ1n) is 5.76. The quantitative estimate of drug-likeness (QED) is 0.707. The summed E-state index contributed by atoms with van der Waals surface area (Å²) in [6, 6.07) is 0.713. The van der Waals surface area contributed by atoms with Crippen LogP contribution < -0.4 is 5.73 Å². The third kappa shape index (κ3) is 1.69. The summed E-state index contributed by atoms with van der Waals surface area (Å²) in [6.07, 6.45) is 1.58. The molecule has 0 radical (unpaired) electrons. The number of likely N-dealkylation sites (tertiary alicyclic amines) is 2. The number of nitrogens with zero attached hydrogens (tertiary/aromatic N) is 2. The number of rotatable bonds is 2. The van der Waals surface area contributed by atoms with Gasteiger partial charge in [0.05, 0.1) is 6.17 Å². The van der Waals surface area contributed by atoms with Crippen LogP contribution in [0, 0.1) is 5.41 Å². The average molecular weight is 197 g/mol. The van der Waals surface area contributed by atoms with Crippen molar-refractivity contribution in [3.63, 3.8) is 0 Å². The van der Waals surface area contributed by atoms with Crippen LogP contribution in [0.5, 0.6) is 0 Å². The Balaban J connectivity index is 1.86. The molecule has 1 spiro atoms. The number of nitrogens with two attached hydrogens (primary N) is 1. The van der Waals surface area contributed by atoms with Crippen LogP contribution in [0.25, 0.3) is 0 Å². The van der Waals surface area contributed by atoms with Crippen LogP contribution in [0.1, 0.15) is 27.2 Å². The van der Waals surface area contributed by atoms with E-state index in [0.29, 0.717) is 11.5 Å². The number of hydrogen-bond acceptors (Lipinski definition) is 3. The summed E-state index contributed by atoms with van der Waals surface area (Å²) in [4.78, 5) is 4.97. The Kier molecular flexibility index (Phi) is 2.58. The van der Waals surface area contributed by atoms with E-state index in [9.17, 15) is 0 Å². The van der Waals surface area contributed by atoms with Crippen molar-refractivity contribution in [1.29, 1.82) is 0 Å². The van der Waals surface area contributed by atoms with Gasteiger partial charge in [0.1, 0.15) is 0 Å². The first-order chi connectivity index (χ1) is 6.52. The minimum absolute atomic E-state index is 0.238. The molecule has 0 aromatic heterocycles. The molecule has 2 N–H and O–H groups in total. The van der Waals surface area contributed by atoms with Gasteiger partial charge in [0.2, 0.25) is 0 Å². The third-order valence-corrected chi connectivity index (χ3v) is 3.85. The zero-order valence-corrected chi connectivity index (χ0v) is 9.66. The molecule has 0 aromatic carbocycles. The Labute approximate surface area is 87.2 Å². The lowest BCUT2D eigenvalue weighted by molar-refractivity contribution is -0.0161. The van der Waals surface area contributed by atoms with Crippen molar-refractivity contribution >= 4 is 0 Å². The van der Waals surface area contributed by atoms with Crippen molar-refractivity contribution in [1.82, 2.24) is 9.80 Å². The van der Waals surface area contributed by atoms with Crippen LogP contribution in [0.3, 0.4) is 0 Å². The molecule has 2 aliphatic heterocycles. The lowest BCUT2D eigenvalue weighted by Gasteiger charge is -2.50. The molecule has 0 amide bonds. The molecule has 0 aliphatic carbocycles. The fourth-order valence-corrected chi connectivity index (χ4v) is 2.76. The molecule has 3 nitrogen and oxygen atoms in total. The molecule has 1 atom stereocenters. The predicted molar refractivity (Wildman–Crippen MR) is 59.0 cm³/mol. The minimum atomic E-state index is 0.238. The Morgan fingerprint density at radius 1 is 1.07 bits per heavy atom. The summed E-state index contributed by atoms with van der Waals surface area (Å²) in [6.45, 7) is 11.6. The standard InChI is InChI=1S/C11H23N3/c1-9(2)14-7-11(8-14)4-5-13(6-11)10(3)12/h9-10H,4-8,12H2,1-3H3. The molecular formula is C11H23N3. The Hall–Kier alpha value is -0.120. The molecule has 1 unspecified atom stereocenters. The van der Waals surface area contributed by atoms with E-state index < -0.39 is 0 Å². The summed E-state index contributed by atoms with van der Waals surface area (Å²) in [5.41, 5.74) is 6.50. The van der Waals surface area contributed by atoms with E-state index in [2.05, 4.69) is 30.6 Å². The van der Waals surface area contributed by atoms with Crippen LogP contribution in [-0.4, -0.2) is 48.2 Å². The lowest BCUT2D eigenvalue weighted by Crippen LogP contribution is -2.60. The smallest absolute Gasteiger partial charge is 0.0542 e. The van der Waals surface area contributed by atoms with Crippen LogP contribution in [0.4, 0.5) is 0 Å². The monoisotopic (exact) mass is 197 g/mol. The summed E-state index contributed by atoms with van der Waals surface area (Å²) >= 11 is 0. The van der Waals surface area contributed by atoms with Gasteiger partial charge in [-0.1, -0.05) is 0 Å². The third-order valence-electron chi connectivity index (χ3n) is 3.85. The van der Waals surface area contributed by atoms with Gasteiger partial charge in [-0.05, 0) is 27.2 Å². The highest BCUT2D eigenvalue weighted by Gasteiger charge is 2.48. The minimum Gasteiger partial charge on any atom is -0.316 e. The second-order valence-corrected chi connectivity index (χ2v) is 5.46. The summed E-state index contributed by atoms with van der Waals surface area (Å²) < 4.78 is 0. The Bertz CT molecular complexity index is 207. The number of hydrogen-bond donors (Lipinski definition) is 1. The SMILES string of the molecule is CC(C)N1CC2(CCN(C(C)N)C2)C1. The highest BCUT2D eigenvalue weighted by molar-refractivity contribution is 5.02. The first-order valence-corrected chi connectivity index (χ1v) is 5.76. The van der Waals surface area contributed by atoms with E-state index in [-0.39, 0.29) is 6.17 Å². The highest BCUT2D eigenvalue weighted by atomic mass is 15.3. The van der Waals surface area contributed by atoms with Crippen molar-refractivity contribution < 1.29 is 0 Å². The molecule has 3 heteroatoms. The summed E-state index contributed by atoms with van der Waals surface area (Å²) in [5.74, 6) is 0.